The summed E-state index contributed by atoms with van der Waals surface area (Å²) in [5, 5.41) is 6.77. The van der Waals surface area contributed by atoms with Crippen LogP contribution >= 0.6 is 11.3 Å². The molecule has 9 heteroatoms. The van der Waals surface area contributed by atoms with E-state index < -0.39 is 0 Å². The Morgan fingerprint density at radius 2 is 1.80 bits per heavy atom. The molecule has 2 aromatic carbocycles. The van der Waals surface area contributed by atoms with Gasteiger partial charge in [-0.3, -0.25) is 9.59 Å². The maximum Gasteiger partial charge on any atom is 0.262 e. The van der Waals surface area contributed by atoms with Crippen LogP contribution in [0.25, 0.3) is 0 Å². The average molecular weight is 496 g/mol. The number of aromatic nitrogens is 1. The molecule has 0 saturated heterocycles. The van der Waals surface area contributed by atoms with Crippen molar-refractivity contribution in [3.8, 4) is 17.2 Å². The minimum atomic E-state index is -0.345. The Labute approximate surface area is 208 Å². The van der Waals surface area contributed by atoms with Crippen LogP contribution in [0.2, 0.25) is 0 Å². The summed E-state index contributed by atoms with van der Waals surface area (Å²) >= 11 is 1.76. The van der Waals surface area contributed by atoms with Crippen LogP contribution in [-0.4, -0.2) is 44.2 Å². The van der Waals surface area contributed by atoms with Crippen molar-refractivity contribution in [3.05, 3.63) is 63.6 Å². The molecule has 8 nitrogen and oxygen atoms in total. The van der Waals surface area contributed by atoms with Gasteiger partial charge in [-0.2, -0.15) is 0 Å². The Hall–Kier alpha value is -3.59. The van der Waals surface area contributed by atoms with E-state index in [2.05, 4.69) is 10.6 Å². The van der Waals surface area contributed by atoms with Crippen LogP contribution in [-0.2, 0) is 24.1 Å². The third kappa shape index (κ3) is 6.30. The van der Waals surface area contributed by atoms with E-state index >= 15 is 0 Å². The van der Waals surface area contributed by atoms with E-state index in [1.807, 2.05) is 6.07 Å². The zero-order valence-corrected chi connectivity index (χ0v) is 20.7. The predicted octanol–water partition coefficient (Wildman–Crippen LogP) is 4.03. The van der Waals surface area contributed by atoms with Gasteiger partial charge in [-0.05, 0) is 56.0 Å². The number of carbonyl (C=O) groups excluding carboxylic acids is 2. The number of benzene rings is 2. The lowest BCUT2D eigenvalue weighted by atomic mass is 10.0. The Morgan fingerprint density at radius 1 is 1.00 bits per heavy atom. The van der Waals surface area contributed by atoms with Gasteiger partial charge in [0, 0.05) is 23.4 Å². The summed E-state index contributed by atoms with van der Waals surface area (Å²) in [4.78, 5) is 31.1. The highest BCUT2D eigenvalue weighted by molar-refractivity contribution is 7.11. The second-order valence-electron chi connectivity index (χ2n) is 8.09. The number of thiazole rings is 1. The molecular weight excluding hydrogens is 466 g/mol. The summed E-state index contributed by atoms with van der Waals surface area (Å²) in [5.41, 5.74) is 2.24. The fraction of sp³-hybridized carbons (Fsp3) is 0.346. The van der Waals surface area contributed by atoms with Crippen molar-refractivity contribution in [1.29, 1.82) is 0 Å². The lowest BCUT2D eigenvalue weighted by molar-refractivity contribution is -0.118. The molecular formula is C26H29N3O5S. The van der Waals surface area contributed by atoms with Gasteiger partial charge < -0.3 is 24.8 Å². The highest BCUT2D eigenvalue weighted by Crippen LogP contribution is 2.29. The molecule has 2 amide bonds. The fourth-order valence-corrected chi connectivity index (χ4v) is 5.06. The van der Waals surface area contributed by atoms with Crippen molar-refractivity contribution >= 4 is 28.8 Å². The van der Waals surface area contributed by atoms with E-state index in [1.165, 1.54) is 37.6 Å². The van der Waals surface area contributed by atoms with E-state index in [0.29, 0.717) is 41.5 Å². The van der Waals surface area contributed by atoms with Gasteiger partial charge in [-0.25, -0.2) is 4.98 Å². The number of methoxy groups -OCH3 is 2. The molecule has 0 saturated carbocycles. The number of hydrogen-bond acceptors (Lipinski definition) is 7. The minimum absolute atomic E-state index is 0.204. The first-order chi connectivity index (χ1) is 17.1. The van der Waals surface area contributed by atoms with Gasteiger partial charge in [0.2, 0.25) is 0 Å². The second kappa shape index (κ2) is 11.7. The van der Waals surface area contributed by atoms with Crippen molar-refractivity contribution in [1.82, 2.24) is 10.3 Å². The Balaban J connectivity index is 1.29. The maximum absolute atomic E-state index is 12.6. The van der Waals surface area contributed by atoms with E-state index in [9.17, 15) is 9.59 Å². The minimum Gasteiger partial charge on any atom is -0.495 e. The normalized spacial score (nSPS) is 12.4. The van der Waals surface area contributed by atoms with Crippen molar-refractivity contribution in [2.45, 2.75) is 32.1 Å². The number of ether oxygens (including phenoxy) is 3. The molecule has 0 spiro atoms. The fourth-order valence-electron chi connectivity index (χ4n) is 3.90. The molecule has 184 valence electrons. The summed E-state index contributed by atoms with van der Waals surface area (Å²) in [6.07, 6.45) is 5.34. The van der Waals surface area contributed by atoms with Crippen molar-refractivity contribution < 1.29 is 23.8 Å². The standard InChI is InChI=1S/C26H29N3O5S/c1-32-20-9-5-3-7-18(20)28-24(30)16-34-21-12-11-17(15-22(21)33-2)26(31)27-14-13-25-29-19-8-4-6-10-23(19)35-25/h3,5,7,9,11-12,15H,4,6,8,10,13-14,16H2,1-2H3,(H,27,31)(H,28,30). The highest BCUT2D eigenvalue weighted by atomic mass is 32.1. The highest BCUT2D eigenvalue weighted by Gasteiger charge is 2.16. The quantitative estimate of drug-likeness (QED) is 0.441. The summed E-state index contributed by atoms with van der Waals surface area (Å²) in [6, 6.07) is 12.0. The molecule has 1 aromatic heterocycles. The van der Waals surface area contributed by atoms with Gasteiger partial charge in [0.25, 0.3) is 11.8 Å². The molecule has 0 radical (unpaired) electrons. The van der Waals surface area contributed by atoms with Crippen molar-refractivity contribution in [3.63, 3.8) is 0 Å². The number of rotatable bonds is 10. The van der Waals surface area contributed by atoms with E-state index in [4.69, 9.17) is 19.2 Å². The summed E-state index contributed by atoms with van der Waals surface area (Å²) < 4.78 is 16.2. The van der Waals surface area contributed by atoms with Gasteiger partial charge in [0.05, 0.1) is 30.6 Å². The number of hydrogen-bond donors (Lipinski definition) is 2. The molecule has 0 atom stereocenters. The third-order valence-electron chi connectivity index (χ3n) is 5.68. The first kappa shape index (κ1) is 24.5. The van der Waals surface area contributed by atoms with Crippen molar-refractivity contribution in [2.24, 2.45) is 0 Å². The van der Waals surface area contributed by atoms with Crippen LogP contribution in [0.3, 0.4) is 0 Å². The molecule has 35 heavy (non-hydrogen) atoms. The number of aryl methyl sites for hydroxylation is 2. The number of fused-ring (bicyclic) bond motifs is 1. The predicted molar refractivity (Wildman–Crippen MR) is 135 cm³/mol. The van der Waals surface area contributed by atoms with Crippen LogP contribution < -0.4 is 24.8 Å². The number of carbonyl (C=O) groups is 2. The average Bonchev–Trinajstić information content (AvgIpc) is 3.30. The summed E-state index contributed by atoms with van der Waals surface area (Å²) in [7, 11) is 3.03. The number of para-hydroxylation sites is 2. The van der Waals surface area contributed by atoms with Gasteiger partial charge in [0.15, 0.2) is 18.1 Å². The zero-order chi connectivity index (χ0) is 24.6. The number of nitrogens with zero attached hydrogens (tertiary/aromatic N) is 1. The molecule has 0 unspecified atom stereocenters. The van der Waals surface area contributed by atoms with E-state index in [0.717, 1.165) is 17.8 Å². The maximum atomic E-state index is 12.6. The summed E-state index contributed by atoms with van der Waals surface area (Å²) in [6.45, 7) is 0.284. The Morgan fingerprint density at radius 3 is 2.60 bits per heavy atom. The molecule has 2 N–H and O–H groups in total. The monoisotopic (exact) mass is 495 g/mol. The van der Waals surface area contributed by atoms with Gasteiger partial charge >= 0.3 is 0 Å². The smallest absolute Gasteiger partial charge is 0.262 e. The third-order valence-corrected chi connectivity index (χ3v) is 6.90. The zero-order valence-electron chi connectivity index (χ0n) is 19.9. The largest absolute Gasteiger partial charge is 0.495 e. The molecule has 1 aliphatic carbocycles. The molecule has 1 heterocycles. The Kier molecular flexibility index (Phi) is 8.20. The molecule has 3 aromatic rings. The number of amides is 2. The van der Waals surface area contributed by atoms with Crippen LogP contribution in [0, 0.1) is 0 Å². The SMILES string of the molecule is COc1ccccc1NC(=O)COc1ccc(C(=O)NCCc2nc3c(s2)CCCC3)cc1OC. The second-order valence-corrected chi connectivity index (χ2v) is 9.26. The van der Waals surface area contributed by atoms with Crippen LogP contribution in [0.1, 0.15) is 38.8 Å². The number of anilines is 1. The molecule has 4 rings (SSSR count). The van der Waals surface area contributed by atoms with Gasteiger partial charge in [-0.1, -0.05) is 12.1 Å². The van der Waals surface area contributed by atoms with Crippen molar-refractivity contribution in [2.75, 3.05) is 32.7 Å². The van der Waals surface area contributed by atoms with E-state index in [-0.39, 0.29) is 18.4 Å². The summed E-state index contributed by atoms with van der Waals surface area (Å²) in [5.74, 6) is 0.749. The first-order valence-electron chi connectivity index (χ1n) is 11.6. The molecule has 0 bridgehead atoms. The van der Waals surface area contributed by atoms with Gasteiger partial charge in [0.1, 0.15) is 5.75 Å². The lowest BCUT2D eigenvalue weighted by Gasteiger charge is -2.13. The topological polar surface area (TPSA) is 98.8 Å². The first-order valence-corrected chi connectivity index (χ1v) is 12.4. The number of nitrogens with one attached hydrogen (secondary N) is 2. The lowest BCUT2D eigenvalue weighted by Crippen LogP contribution is -2.25. The molecule has 1 aliphatic rings. The van der Waals surface area contributed by atoms with Gasteiger partial charge in [-0.15, -0.1) is 11.3 Å². The van der Waals surface area contributed by atoms with E-state index in [1.54, 1.807) is 47.7 Å². The van der Waals surface area contributed by atoms with Crippen LogP contribution in [0.5, 0.6) is 17.2 Å². The molecule has 0 fully saturated rings. The molecule has 0 aliphatic heterocycles. The Bertz CT molecular complexity index is 1170. The van der Waals surface area contributed by atoms with Crippen LogP contribution in [0.4, 0.5) is 5.69 Å². The van der Waals surface area contributed by atoms with Crippen LogP contribution in [0.15, 0.2) is 42.5 Å².